The first-order chi connectivity index (χ1) is 33.7. The summed E-state index contributed by atoms with van der Waals surface area (Å²) >= 11 is 0. The van der Waals surface area contributed by atoms with Crippen LogP contribution >= 0.6 is 0 Å². The number of Topliss-reactive ketones (excluding diaryl/α,β-unsaturated/α-hetero) is 1. The van der Waals surface area contributed by atoms with Gasteiger partial charge in [0.15, 0.2) is 25.2 Å². The molecular formula is C49H78O22. The van der Waals surface area contributed by atoms with E-state index >= 15 is 0 Å². The highest BCUT2D eigenvalue weighted by Crippen LogP contribution is 2.69. The average molecular weight is 1020 g/mol. The minimum Gasteiger partial charge on any atom is -0.494 e. The van der Waals surface area contributed by atoms with E-state index in [0.29, 0.717) is 38.0 Å². The van der Waals surface area contributed by atoms with Crippen LogP contribution in [0.25, 0.3) is 0 Å². The Morgan fingerprint density at radius 3 is 2.01 bits per heavy atom. The molecule has 71 heavy (non-hydrogen) atoms. The Hall–Kier alpha value is -1.59. The molecule has 5 heterocycles. The molecule has 0 bridgehead atoms. The Balaban J connectivity index is 0.816. The van der Waals surface area contributed by atoms with Gasteiger partial charge in [0.05, 0.1) is 44.9 Å². The van der Waals surface area contributed by atoms with Crippen LogP contribution in [0, 0.1) is 46.3 Å². The first-order valence-corrected chi connectivity index (χ1v) is 25.7. The van der Waals surface area contributed by atoms with E-state index < -0.39 is 137 Å². The highest BCUT2D eigenvalue weighted by atomic mass is 16.8. The smallest absolute Gasteiger partial charge is 0.186 e. The molecule has 22 heteroatoms. The lowest BCUT2D eigenvalue weighted by molar-refractivity contribution is -0.361. The molecular weight excluding hydrogens is 941 g/mol. The van der Waals surface area contributed by atoms with E-state index in [1.54, 1.807) is 0 Å². The van der Waals surface area contributed by atoms with E-state index in [0.717, 1.165) is 31.4 Å². The maximum absolute atomic E-state index is 14.5. The minimum atomic E-state index is -1.74. The molecule has 4 aliphatic carbocycles. The van der Waals surface area contributed by atoms with Crippen molar-refractivity contribution in [3.05, 3.63) is 11.3 Å². The van der Waals surface area contributed by atoms with Gasteiger partial charge in [-0.3, -0.25) is 4.79 Å². The lowest BCUT2D eigenvalue weighted by Gasteiger charge is -2.60. The van der Waals surface area contributed by atoms with Crippen LogP contribution in [0.15, 0.2) is 11.3 Å². The molecule has 5 aliphatic heterocycles. The van der Waals surface area contributed by atoms with Crippen molar-refractivity contribution in [2.75, 3.05) is 33.0 Å². The molecule has 0 radical (unpaired) electrons. The van der Waals surface area contributed by atoms with Crippen molar-refractivity contribution < 1.29 is 109 Å². The third kappa shape index (κ3) is 10.0. The van der Waals surface area contributed by atoms with Gasteiger partial charge in [-0.1, -0.05) is 20.8 Å². The zero-order valence-corrected chi connectivity index (χ0v) is 40.9. The van der Waals surface area contributed by atoms with E-state index in [1.807, 2.05) is 6.92 Å². The third-order valence-electron chi connectivity index (χ3n) is 18.5. The number of ether oxygens (including phenoxy) is 9. The molecule has 0 aromatic rings. The summed E-state index contributed by atoms with van der Waals surface area (Å²) in [6, 6.07) is 0. The Morgan fingerprint density at radius 1 is 0.676 bits per heavy atom. The van der Waals surface area contributed by atoms with E-state index in [2.05, 4.69) is 20.8 Å². The summed E-state index contributed by atoms with van der Waals surface area (Å²) in [6.45, 7) is 7.28. The number of ketones is 1. The molecule has 406 valence electrons. The van der Waals surface area contributed by atoms with Gasteiger partial charge in [-0.25, -0.2) is 0 Å². The first kappa shape index (κ1) is 54.2. The summed E-state index contributed by atoms with van der Waals surface area (Å²) in [4.78, 5) is 14.5. The summed E-state index contributed by atoms with van der Waals surface area (Å²) in [7, 11) is 0. The van der Waals surface area contributed by atoms with Gasteiger partial charge < -0.3 is 104 Å². The fourth-order valence-electron chi connectivity index (χ4n) is 14.3. The van der Waals surface area contributed by atoms with Crippen molar-refractivity contribution in [1.29, 1.82) is 0 Å². The summed E-state index contributed by atoms with van der Waals surface area (Å²) in [5, 5.41) is 125. The fraction of sp³-hybridized carbons (Fsp3) is 0.939. The SMILES string of the molecule is CC1=C(CC[C@@H](C)CO[C@@H]2O[C@H](CO)[C@@H](O)[C@H](O)[C@H]2O)O[C@H]2C[C@H]3[C@@H]4CC(=O)[C@H]5C[C@@H](O[C@@H]6O[C@H](CO[C@H]7OC[C@@H](O)[C@@H](O)[C@@H]7O)[C@@H](O[C@@H]7OC[C@@H](O)[C@H](O)[C@H]7O)[C@H](O)[C@H]6O)CC[C@]5(C)[C@H]4CC[C@]3(C)[C@@H]12. The highest BCUT2D eigenvalue weighted by molar-refractivity contribution is 5.83. The maximum atomic E-state index is 14.5. The van der Waals surface area contributed by atoms with E-state index in [4.69, 9.17) is 42.6 Å². The lowest BCUT2D eigenvalue weighted by Crippen LogP contribution is -2.64. The summed E-state index contributed by atoms with van der Waals surface area (Å²) in [5.41, 5.74) is 0.897. The third-order valence-corrected chi connectivity index (χ3v) is 18.5. The largest absolute Gasteiger partial charge is 0.494 e. The highest BCUT2D eigenvalue weighted by Gasteiger charge is 2.66. The Bertz CT molecular complexity index is 1880. The van der Waals surface area contributed by atoms with E-state index in [1.165, 1.54) is 5.57 Å². The van der Waals surface area contributed by atoms with Crippen LogP contribution in [0.1, 0.15) is 85.5 Å². The van der Waals surface area contributed by atoms with Crippen molar-refractivity contribution in [2.24, 2.45) is 46.3 Å². The first-order valence-electron chi connectivity index (χ1n) is 25.7. The zero-order valence-electron chi connectivity index (χ0n) is 40.9. The van der Waals surface area contributed by atoms with Crippen molar-refractivity contribution in [2.45, 2.75) is 208 Å². The summed E-state index contributed by atoms with van der Waals surface area (Å²) < 4.78 is 53.2. The number of rotatable bonds is 14. The van der Waals surface area contributed by atoms with Crippen LogP contribution < -0.4 is 0 Å². The molecule has 22 nitrogen and oxygen atoms in total. The van der Waals surface area contributed by atoms with Crippen LogP contribution in [0.5, 0.6) is 0 Å². The second-order valence-electron chi connectivity index (χ2n) is 22.8. The molecule has 28 atom stereocenters. The second-order valence-corrected chi connectivity index (χ2v) is 22.8. The number of hydrogen-bond acceptors (Lipinski definition) is 22. The number of carbonyl (C=O) groups is 1. The van der Waals surface area contributed by atoms with Crippen LogP contribution in [0.3, 0.4) is 0 Å². The van der Waals surface area contributed by atoms with Gasteiger partial charge in [0.1, 0.15) is 97.3 Å². The molecule has 0 spiro atoms. The molecule has 0 unspecified atom stereocenters. The van der Waals surface area contributed by atoms with Crippen LogP contribution in [0.2, 0.25) is 0 Å². The monoisotopic (exact) mass is 1020 g/mol. The summed E-state index contributed by atoms with van der Waals surface area (Å²) in [6.07, 6.45) is -20.9. The molecule has 0 amide bonds. The number of allylic oxidation sites excluding steroid dienone is 1. The van der Waals surface area contributed by atoms with Crippen molar-refractivity contribution in [3.8, 4) is 0 Å². The number of carbonyl (C=O) groups excluding carboxylic acids is 1. The van der Waals surface area contributed by atoms with Crippen LogP contribution in [-0.2, 0) is 47.4 Å². The molecule has 8 fully saturated rings. The van der Waals surface area contributed by atoms with E-state index in [-0.39, 0.29) is 65.5 Å². The van der Waals surface area contributed by atoms with Crippen molar-refractivity contribution in [3.63, 3.8) is 0 Å². The minimum absolute atomic E-state index is 0.0141. The molecule has 9 aliphatic rings. The quantitative estimate of drug-likeness (QED) is 0.0797. The van der Waals surface area contributed by atoms with Gasteiger partial charge in [0, 0.05) is 24.7 Å². The molecule has 0 aromatic heterocycles. The Morgan fingerprint density at radius 2 is 1.31 bits per heavy atom. The van der Waals surface area contributed by atoms with Gasteiger partial charge in [0.25, 0.3) is 0 Å². The number of hydrogen-bond donors (Lipinski definition) is 12. The van der Waals surface area contributed by atoms with Gasteiger partial charge in [-0.15, -0.1) is 0 Å². The number of aliphatic hydroxyl groups excluding tert-OH is 12. The lowest BCUT2D eigenvalue weighted by atomic mass is 9.44. The molecule has 9 rings (SSSR count). The zero-order chi connectivity index (χ0) is 51.0. The fourth-order valence-corrected chi connectivity index (χ4v) is 14.3. The Labute approximate surface area is 412 Å². The van der Waals surface area contributed by atoms with Gasteiger partial charge in [-0.05, 0) is 91.9 Å². The average Bonchev–Trinajstić information content (AvgIpc) is 3.83. The topological polar surface area (TPSA) is 343 Å². The van der Waals surface area contributed by atoms with Crippen LogP contribution in [0.4, 0.5) is 0 Å². The Kier molecular flexibility index (Phi) is 16.4. The predicted octanol–water partition coefficient (Wildman–Crippen LogP) is -2.55. The number of fused-ring (bicyclic) bond motifs is 7. The maximum Gasteiger partial charge on any atom is 0.186 e. The molecule has 12 N–H and O–H groups in total. The summed E-state index contributed by atoms with van der Waals surface area (Å²) in [5.74, 6) is 1.89. The predicted molar refractivity (Wildman–Crippen MR) is 239 cm³/mol. The standard InChI is InChI=1S/C49H78O22/c1-19(15-63-45-41(61)37(57)36(56)31(14-50)69-45)5-6-29-20(2)33-30(68-29)13-24-22-12-26(51)25-11-21(7-9-48(25,3)23(22)8-10-49(24,33)4)67-47-42(62)38(58)43(71-46-40(60)35(55)28(53)17-65-46)32(70-47)18-66-44-39(59)34(54)27(52)16-64-44/h19,21-25,27-28,30-47,50,52-62H,5-18H2,1-4H3/t19-,21+,22-,23+,24+,25-,27-,28-,30+,31-,32-,33+,34-,35+,36-,37+,38-,39+,40-,41-,42-,43-,44-,45-,46+,47-,48-,49+/m1/s1. The second kappa shape index (κ2) is 21.4. The van der Waals surface area contributed by atoms with Gasteiger partial charge >= 0.3 is 0 Å². The number of aliphatic hydroxyl groups is 12. The van der Waals surface area contributed by atoms with Gasteiger partial charge in [0.2, 0.25) is 0 Å². The van der Waals surface area contributed by atoms with Crippen molar-refractivity contribution in [1.82, 2.24) is 0 Å². The molecule has 0 aromatic carbocycles. The van der Waals surface area contributed by atoms with Crippen molar-refractivity contribution >= 4 is 5.78 Å². The molecule has 4 saturated heterocycles. The van der Waals surface area contributed by atoms with E-state index in [9.17, 15) is 66.1 Å². The van der Waals surface area contributed by atoms with Crippen LogP contribution in [-0.4, -0.2) is 223 Å². The molecule has 4 saturated carbocycles. The van der Waals surface area contributed by atoms with Gasteiger partial charge in [-0.2, -0.15) is 0 Å². The normalized spacial score (nSPS) is 52.6.